The summed E-state index contributed by atoms with van der Waals surface area (Å²) in [6.45, 7) is 2.22. The van der Waals surface area contributed by atoms with Gasteiger partial charge >= 0.3 is 0 Å². The summed E-state index contributed by atoms with van der Waals surface area (Å²) in [5.41, 5.74) is 0. The molecule has 0 amide bonds. The molecular weight excluding hydrogens is 242 g/mol. The first-order valence-corrected chi connectivity index (χ1v) is 6.84. The smallest absolute Gasteiger partial charge is 0.227 e. The van der Waals surface area contributed by atoms with Crippen LogP contribution in [0, 0.1) is 0 Å². The lowest BCUT2D eigenvalue weighted by Gasteiger charge is -2.26. The van der Waals surface area contributed by atoms with Gasteiger partial charge in [-0.1, -0.05) is 5.16 Å². The fourth-order valence-electron chi connectivity index (χ4n) is 2.49. The summed E-state index contributed by atoms with van der Waals surface area (Å²) in [4.78, 5) is 6.86. The topological polar surface area (TPSA) is 55.3 Å². The van der Waals surface area contributed by atoms with Crippen LogP contribution in [0.5, 0.6) is 0 Å². The average molecular weight is 261 g/mol. The molecule has 0 bridgehead atoms. The minimum Gasteiger partial charge on any atom is -0.469 e. The highest BCUT2D eigenvalue weighted by Crippen LogP contribution is 2.25. The molecule has 0 aromatic carbocycles. The lowest BCUT2D eigenvalue weighted by atomic mass is 9.97. The molecule has 5 nitrogen and oxygen atoms in total. The molecule has 1 aliphatic rings. The molecule has 0 spiro atoms. The van der Waals surface area contributed by atoms with Gasteiger partial charge in [0.2, 0.25) is 5.89 Å². The van der Waals surface area contributed by atoms with Gasteiger partial charge in [-0.3, -0.25) is 0 Å². The van der Waals surface area contributed by atoms with E-state index in [-0.39, 0.29) is 0 Å². The van der Waals surface area contributed by atoms with Crippen molar-refractivity contribution in [2.45, 2.75) is 31.6 Å². The van der Waals surface area contributed by atoms with E-state index in [1.807, 2.05) is 12.1 Å². The summed E-state index contributed by atoms with van der Waals surface area (Å²) in [7, 11) is 2.15. The van der Waals surface area contributed by atoms with E-state index in [2.05, 4.69) is 22.1 Å². The van der Waals surface area contributed by atoms with Gasteiger partial charge in [0, 0.05) is 18.8 Å². The second-order valence-corrected chi connectivity index (χ2v) is 5.20. The van der Waals surface area contributed by atoms with Crippen LogP contribution in [0.2, 0.25) is 0 Å². The number of hydrogen-bond acceptors (Lipinski definition) is 5. The predicted octanol–water partition coefficient (Wildman–Crippen LogP) is 2.26. The van der Waals surface area contributed by atoms with Gasteiger partial charge in [-0.2, -0.15) is 4.98 Å². The van der Waals surface area contributed by atoms with E-state index in [4.69, 9.17) is 8.94 Å². The molecule has 1 aliphatic heterocycles. The Hall–Kier alpha value is -1.62. The van der Waals surface area contributed by atoms with Crippen molar-refractivity contribution in [1.29, 1.82) is 0 Å². The molecule has 0 aliphatic carbocycles. The van der Waals surface area contributed by atoms with E-state index >= 15 is 0 Å². The normalized spacial score (nSPS) is 17.9. The van der Waals surface area contributed by atoms with Crippen molar-refractivity contribution in [3.8, 4) is 0 Å². The number of rotatable bonds is 4. The molecule has 102 valence electrons. The lowest BCUT2D eigenvalue weighted by molar-refractivity contribution is 0.248. The van der Waals surface area contributed by atoms with Crippen LogP contribution in [-0.2, 0) is 12.8 Å². The van der Waals surface area contributed by atoms with Crippen LogP contribution in [-0.4, -0.2) is 35.2 Å². The molecule has 2 aromatic rings. The number of nitrogens with zero attached hydrogens (tertiary/aromatic N) is 3. The Morgan fingerprint density at radius 1 is 1.32 bits per heavy atom. The number of aryl methyl sites for hydroxylation is 2. The van der Waals surface area contributed by atoms with E-state index < -0.39 is 0 Å². The third-order valence-electron chi connectivity index (χ3n) is 3.73. The maximum Gasteiger partial charge on any atom is 0.227 e. The van der Waals surface area contributed by atoms with Crippen molar-refractivity contribution >= 4 is 0 Å². The number of furan rings is 1. The van der Waals surface area contributed by atoms with Crippen LogP contribution in [0.3, 0.4) is 0 Å². The van der Waals surface area contributed by atoms with Gasteiger partial charge in [0.05, 0.1) is 6.26 Å². The minimum absolute atomic E-state index is 0.456. The second-order valence-electron chi connectivity index (χ2n) is 5.20. The van der Waals surface area contributed by atoms with Gasteiger partial charge in [-0.25, -0.2) is 0 Å². The third kappa shape index (κ3) is 3.04. The van der Waals surface area contributed by atoms with Crippen LogP contribution in [0.4, 0.5) is 0 Å². The molecule has 2 aromatic heterocycles. The summed E-state index contributed by atoms with van der Waals surface area (Å²) in [6.07, 6.45) is 5.48. The van der Waals surface area contributed by atoms with E-state index in [0.717, 1.165) is 50.4 Å². The Bertz CT molecular complexity index is 499. The fraction of sp³-hybridized carbons (Fsp3) is 0.571. The zero-order valence-corrected chi connectivity index (χ0v) is 11.2. The zero-order chi connectivity index (χ0) is 13.1. The zero-order valence-electron chi connectivity index (χ0n) is 11.2. The van der Waals surface area contributed by atoms with Crippen molar-refractivity contribution in [2.75, 3.05) is 20.1 Å². The minimum atomic E-state index is 0.456. The van der Waals surface area contributed by atoms with Gasteiger partial charge in [0.25, 0.3) is 0 Å². The fourth-order valence-corrected chi connectivity index (χ4v) is 2.49. The number of hydrogen-bond donors (Lipinski definition) is 0. The molecule has 0 atom stereocenters. The van der Waals surface area contributed by atoms with Crippen molar-refractivity contribution in [3.05, 3.63) is 35.9 Å². The van der Waals surface area contributed by atoms with E-state index in [9.17, 15) is 0 Å². The monoisotopic (exact) mass is 261 g/mol. The largest absolute Gasteiger partial charge is 0.469 e. The molecule has 0 N–H and O–H groups in total. The maximum atomic E-state index is 5.33. The Balaban J connectivity index is 1.57. The molecule has 19 heavy (non-hydrogen) atoms. The summed E-state index contributed by atoms with van der Waals surface area (Å²) >= 11 is 0. The van der Waals surface area contributed by atoms with E-state index in [0.29, 0.717) is 11.8 Å². The van der Waals surface area contributed by atoms with Gasteiger partial charge in [-0.05, 0) is 45.1 Å². The first-order valence-electron chi connectivity index (χ1n) is 6.84. The molecule has 1 saturated heterocycles. The first-order chi connectivity index (χ1) is 9.31. The molecule has 3 heterocycles. The highest BCUT2D eigenvalue weighted by atomic mass is 16.5. The van der Waals surface area contributed by atoms with Crippen molar-refractivity contribution in [3.63, 3.8) is 0 Å². The van der Waals surface area contributed by atoms with Gasteiger partial charge in [0.15, 0.2) is 5.82 Å². The van der Waals surface area contributed by atoms with Gasteiger partial charge in [-0.15, -0.1) is 0 Å². The molecule has 0 saturated carbocycles. The molecule has 5 heteroatoms. The Labute approximate surface area is 112 Å². The summed E-state index contributed by atoms with van der Waals surface area (Å²) in [5.74, 6) is 3.00. The van der Waals surface area contributed by atoms with Crippen LogP contribution in [0.25, 0.3) is 0 Å². The number of piperidine rings is 1. The molecule has 0 unspecified atom stereocenters. The van der Waals surface area contributed by atoms with Crippen LogP contribution >= 0.6 is 0 Å². The van der Waals surface area contributed by atoms with E-state index in [1.165, 1.54) is 0 Å². The Morgan fingerprint density at radius 2 is 2.16 bits per heavy atom. The van der Waals surface area contributed by atoms with Gasteiger partial charge in [0.1, 0.15) is 5.76 Å². The third-order valence-corrected chi connectivity index (χ3v) is 3.73. The summed E-state index contributed by atoms with van der Waals surface area (Å²) in [5, 5.41) is 4.13. The van der Waals surface area contributed by atoms with Crippen molar-refractivity contribution in [2.24, 2.45) is 0 Å². The molecule has 1 fully saturated rings. The predicted molar refractivity (Wildman–Crippen MR) is 69.9 cm³/mol. The average Bonchev–Trinajstić information content (AvgIpc) is 3.09. The molecule has 0 radical (unpaired) electrons. The molecule has 3 rings (SSSR count). The van der Waals surface area contributed by atoms with Crippen molar-refractivity contribution < 1.29 is 8.94 Å². The summed E-state index contributed by atoms with van der Waals surface area (Å²) in [6, 6.07) is 3.86. The van der Waals surface area contributed by atoms with E-state index in [1.54, 1.807) is 6.26 Å². The molecular formula is C14H19N3O2. The quantitative estimate of drug-likeness (QED) is 0.845. The Morgan fingerprint density at radius 3 is 2.89 bits per heavy atom. The van der Waals surface area contributed by atoms with Crippen LogP contribution < -0.4 is 0 Å². The Kier molecular flexibility index (Phi) is 3.64. The number of aromatic nitrogens is 2. The van der Waals surface area contributed by atoms with Crippen LogP contribution in [0.1, 0.15) is 36.2 Å². The van der Waals surface area contributed by atoms with Crippen molar-refractivity contribution in [1.82, 2.24) is 15.0 Å². The van der Waals surface area contributed by atoms with Crippen LogP contribution in [0.15, 0.2) is 27.3 Å². The highest BCUT2D eigenvalue weighted by Gasteiger charge is 2.22. The highest BCUT2D eigenvalue weighted by molar-refractivity contribution is 5.02. The SMILES string of the molecule is CN1CCC(c2noc(CCc3ccco3)n2)CC1. The number of likely N-dealkylation sites (tertiary alicyclic amines) is 1. The lowest BCUT2D eigenvalue weighted by Crippen LogP contribution is -2.29. The van der Waals surface area contributed by atoms with Gasteiger partial charge < -0.3 is 13.8 Å². The first kappa shape index (κ1) is 12.4. The second kappa shape index (κ2) is 5.57. The summed E-state index contributed by atoms with van der Waals surface area (Å²) < 4.78 is 10.6. The maximum absolute atomic E-state index is 5.33. The standard InChI is InChI=1S/C14H19N3O2/c1-17-8-6-11(7-9-17)14-15-13(19-16-14)5-4-12-3-2-10-18-12/h2-3,10-11H,4-9H2,1H3.